The predicted octanol–water partition coefficient (Wildman–Crippen LogP) is 2.68. The molecule has 8 heteroatoms. The molecule has 0 amide bonds. The Kier molecular flexibility index (Phi) is 4.47. The normalized spacial score (nSPS) is 11.0. The molecular formula is C19H13ClN3O3S+. The second-order valence-corrected chi connectivity index (χ2v) is 7.49. The number of hydrogen-bond acceptors (Lipinski definition) is 5. The fourth-order valence-corrected chi connectivity index (χ4v) is 3.85. The smallest absolute Gasteiger partial charge is 0.357 e. The molecule has 3 heterocycles. The van der Waals surface area contributed by atoms with Gasteiger partial charge in [-0.1, -0.05) is 48.0 Å². The lowest BCUT2D eigenvalue weighted by Gasteiger charge is -2.08. The van der Waals surface area contributed by atoms with E-state index in [1.807, 2.05) is 0 Å². The van der Waals surface area contributed by atoms with Crippen LogP contribution in [0.15, 0.2) is 65.7 Å². The van der Waals surface area contributed by atoms with Crippen molar-refractivity contribution in [1.29, 1.82) is 0 Å². The predicted molar refractivity (Wildman–Crippen MR) is 102 cm³/mol. The lowest BCUT2D eigenvalue weighted by molar-refractivity contribution is -0.532. The molecule has 6 nitrogen and oxygen atoms in total. The fourth-order valence-electron chi connectivity index (χ4n) is 2.89. The summed E-state index contributed by atoms with van der Waals surface area (Å²) in [4.78, 5) is 30.6. The molecule has 0 saturated carbocycles. The first-order chi connectivity index (χ1) is 13.1. The van der Waals surface area contributed by atoms with Crippen LogP contribution in [0.4, 0.5) is 0 Å². The summed E-state index contributed by atoms with van der Waals surface area (Å²) in [6, 6.07) is 13.5. The first-order valence-corrected chi connectivity index (χ1v) is 9.22. The van der Waals surface area contributed by atoms with Crippen LogP contribution in [0.5, 0.6) is 5.88 Å². The van der Waals surface area contributed by atoms with E-state index < -0.39 is 11.3 Å². The molecule has 0 spiro atoms. The lowest BCUT2D eigenvalue weighted by atomic mass is 10.1. The lowest BCUT2D eigenvalue weighted by Crippen LogP contribution is -2.46. The van der Waals surface area contributed by atoms with Gasteiger partial charge in [-0.25, -0.2) is 9.78 Å². The third kappa shape index (κ3) is 3.11. The maximum Gasteiger partial charge on any atom is 0.357 e. The molecule has 134 valence electrons. The molecule has 0 saturated heterocycles. The second-order valence-electron chi connectivity index (χ2n) is 5.79. The van der Waals surface area contributed by atoms with Gasteiger partial charge in [0, 0.05) is 17.8 Å². The first-order valence-electron chi connectivity index (χ1n) is 8.02. The number of carbonyl (C=O) groups is 1. The number of pyridine rings is 1. The highest BCUT2D eigenvalue weighted by Crippen LogP contribution is 2.24. The minimum absolute atomic E-state index is 0.221. The number of halogens is 1. The first kappa shape index (κ1) is 17.4. The Morgan fingerprint density at radius 3 is 2.63 bits per heavy atom. The van der Waals surface area contributed by atoms with Crippen LogP contribution in [0, 0.1) is 0 Å². The molecule has 0 unspecified atom stereocenters. The number of thiazole rings is 1. The van der Waals surface area contributed by atoms with Crippen LogP contribution in [0.2, 0.25) is 4.47 Å². The number of fused-ring (bicyclic) bond motifs is 1. The van der Waals surface area contributed by atoms with E-state index in [1.165, 1.54) is 20.3 Å². The molecule has 4 rings (SSSR count). The van der Waals surface area contributed by atoms with Crippen molar-refractivity contribution in [2.45, 2.75) is 6.54 Å². The Morgan fingerprint density at radius 2 is 1.93 bits per heavy atom. The summed E-state index contributed by atoms with van der Waals surface area (Å²) in [7, 11) is 0. The van der Waals surface area contributed by atoms with Crippen molar-refractivity contribution < 1.29 is 14.3 Å². The zero-order valence-corrected chi connectivity index (χ0v) is 15.4. The topological polar surface area (TPSA) is 76.3 Å². The van der Waals surface area contributed by atoms with Crippen molar-refractivity contribution in [3.8, 4) is 5.88 Å². The molecule has 3 aromatic heterocycles. The van der Waals surface area contributed by atoms with Crippen molar-refractivity contribution in [3.05, 3.63) is 91.7 Å². The molecule has 0 aliphatic rings. The highest BCUT2D eigenvalue weighted by molar-refractivity contribution is 7.15. The van der Waals surface area contributed by atoms with Crippen molar-refractivity contribution in [2.24, 2.45) is 0 Å². The van der Waals surface area contributed by atoms with Crippen LogP contribution < -0.4 is 9.96 Å². The maximum absolute atomic E-state index is 12.9. The molecule has 0 bridgehead atoms. The van der Waals surface area contributed by atoms with Crippen molar-refractivity contribution in [2.75, 3.05) is 0 Å². The molecule has 1 N–H and O–H groups in total. The Balaban J connectivity index is 1.97. The number of hydrogen-bond donors (Lipinski definition) is 1. The molecule has 0 aliphatic heterocycles. The van der Waals surface area contributed by atoms with Crippen LogP contribution in [0.1, 0.15) is 20.8 Å². The molecule has 0 aliphatic carbocycles. The van der Waals surface area contributed by atoms with Gasteiger partial charge >= 0.3 is 11.4 Å². The van der Waals surface area contributed by atoms with Gasteiger partial charge in [-0.05, 0) is 6.07 Å². The van der Waals surface area contributed by atoms with Crippen LogP contribution in [0.25, 0.3) is 5.65 Å². The zero-order chi connectivity index (χ0) is 19.0. The van der Waals surface area contributed by atoms with Gasteiger partial charge in [0.25, 0.3) is 5.65 Å². The number of benzene rings is 1. The number of rotatable bonds is 4. The molecule has 1 aromatic carbocycles. The van der Waals surface area contributed by atoms with Crippen molar-refractivity contribution in [3.63, 3.8) is 0 Å². The summed E-state index contributed by atoms with van der Waals surface area (Å²) in [5.74, 6) is -0.919. The Hall–Kier alpha value is -3.03. The zero-order valence-electron chi connectivity index (χ0n) is 13.9. The third-order valence-corrected chi connectivity index (χ3v) is 5.23. The van der Waals surface area contributed by atoms with Gasteiger partial charge in [-0.15, -0.1) is 11.3 Å². The SMILES string of the molecule is O=C(c1ccccc1)c1c(O)n(Cc2cnc(Cl)s2)c2cccc[n+]2c1=O. The van der Waals surface area contributed by atoms with Gasteiger partial charge in [0.05, 0.1) is 11.1 Å². The largest absolute Gasteiger partial charge is 0.477 e. The summed E-state index contributed by atoms with van der Waals surface area (Å²) in [6.07, 6.45) is 3.16. The van der Waals surface area contributed by atoms with Gasteiger partial charge in [0.15, 0.2) is 10.0 Å². The van der Waals surface area contributed by atoms with Crippen LogP contribution in [0.3, 0.4) is 0 Å². The van der Waals surface area contributed by atoms with Gasteiger partial charge in [0.2, 0.25) is 5.78 Å². The standard InChI is InChI=1S/C19H12ClN3O3S/c20-19-21-10-13(27-19)11-23-14-8-4-5-9-22(14)17(25)15(18(23)26)16(24)12-6-2-1-3-7-12/h1-10H,11H2/p+1. The molecular weight excluding hydrogens is 386 g/mol. The van der Waals surface area contributed by atoms with E-state index in [2.05, 4.69) is 4.98 Å². The summed E-state index contributed by atoms with van der Waals surface area (Å²) in [5.41, 5.74) is -0.0710. The average molecular weight is 399 g/mol. The number of aromatic nitrogens is 3. The third-order valence-electron chi connectivity index (χ3n) is 4.13. The summed E-state index contributed by atoms with van der Waals surface area (Å²) >= 11 is 7.16. The highest BCUT2D eigenvalue weighted by atomic mass is 35.5. The number of ketones is 1. The van der Waals surface area contributed by atoms with E-state index in [9.17, 15) is 14.7 Å². The number of nitrogens with zero attached hydrogens (tertiary/aromatic N) is 3. The van der Waals surface area contributed by atoms with E-state index in [1.54, 1.807) is 60.9 Å². The van der Waals surface area contributed by atoms with E-state index in [0.717, 1.165) is 4.88 Å². The minimum Gasteiger partial charge on any atom is -0.477 e. The van der Waals surface area contributed by atoms with Gasteiger partial charge in [-0.2, -0.15) is 8.97 Å². The molecule has 4 aromatic rings. The van der Waals surface area contributed by atoms with Gasteiger partial charge in [0.1, 0.15) is 6.54 Å². The summed E-state index contributed by atoms with van der Waals surface area (Å²) in [5, 5.41) is 10.8. The Bertz CT molecular complexity index is 1220. The molecule has 27 heavy (non-hydrogen) atoms. The Labute approximate surface area is 162 Å². The van der Waals surface area contributed by atoms with E-state index in [0.29, 0.717) is 15.7 Å². The molecule has 0 radical (unpaired) electrons. The monoisotopic (exact) mass is 398 g/mol. The number of carbonyl (C=O) groups excluding carboxylic acids is 1. The quantitative estimate of drug-likeness (QED) is 0.423. The number of aromatic hydroxyl groups is 1. The van der Waals surface area contributed by atoms with Gasteiger partial charge in [-0.3, -0.25) is 4.79 Å². The van der Waals surface area contributed by atoms with Crippen LogP contribution in [-0.4, -0.2) is 20.4 Å². The molecule has 0 fully saturated rings. The van der Waals surface area contributed by atoms with Crippen LogP contribution in [-0.2, 0) is 6.54 Å². The Morgan fingerprint density at radius 1 is 1.19 bits per heavy atom. The van der Waals surface area contributed by atoms with Gasteiger partial charge < -0.3 is 5.11 Å². The van der Waals surface area contributed by atoms with E-state index >= 15 is 0 Å². The maximum atomic E-state index is 12.9. The molecule has 0 atom stereocenters. The summed E-state index contributed by atoms with van der Waals surface area (Å²) in [6.45, 7) is 0.221. The highest BCUT2D eigenvalue weighted by Gasteiger charge is 2.29. The van der Waals surface area contributed by atoms with E-state index in [4.69, 9.17) is 11.6 Å². The fraction of sp³-hybridized carbons (Fsp3) is 0.0526. The van der Waals surface area contributed by atoms with Crippen LogP contribution >= 0.6 is 22.9 Å². The second kappa shape index (κ2) is 6.94. The summed E-state index contributed by atoms with van der Waals surface area (Å²) < 4.78 is 3.23. The van der Waals surface area contributed by atoms with Crippen molar-refractivity contribution >= 4 is 34.4 Å². The minimum atomic E-state index is -0.574. The van der Waals surface area contributed by atoms with E-state index in [-0.39, 0.29) is 18.0 Å². The average Bonchev–Trinajstić information content (AvgIpc) is 3.11. The van der Waals surface area contributed by atoms with Crippen molar-refractivity contribution in [1.82, 2.24) is 9.55 Å².